The van der Waals surface area contributed by atoms with Crippen molar-refractivity contribution in [3.63, 3.8) is 0 Å². The molecular weight excluding hydrogens is 324 g/mol. The molecule has 0 saturated carbocycles. The molecule has 0 aliphatic carbocycles. The highest BCUT2D eigenvalue weighted by Crippen LogP contribution is 2.12. The number of aromatic nitrogens is 1. The van der Waals surface area contributed by atoms with Gasteiger partial charge in [-0.1, -0.05) is 0 Å². The van der Waals surface area contributed by atoms with Crippen LogP contribution >= 0.6 is 15.9 Å². The van der Waals surface area contributed by atoms with Gasteiger partial charge in [-0.2, -0.15) is 0 Å². The molecule has 20 heavy (non-hydrogen) atoms. The Morgan fingerprint density at radius 3 is 2.80 bits per heavy atom. The molecular formula is C13H17BrN4O2. The van der Waals surface area contributed by atoms with E-state index in [9.17, 15) is 9.59 Å². The molecule has 1 saturated heterocycles. The van der Waals surface area contributed by atoms with Crippen LogP contribution < -0.4 is 5.73 Å². The SMILES string of the molecule is NC(=O)CN1CCCN(C(=O)c2ccnc(Br)c2)CC1. The minimum Gasteiger partial charge on any atom is -0.369 e. The van der Waals surface area contributed by atoms with Gasteiger partial charge < -0.3 is 10.6 Å². The first-order valence-electron chi connectivity index (χ1n) is 6.48. The van der Waals surface area contributed by atoms with Crippen LogP contribution in [0, 0.1) is 0 Å². The van der Waals surface area contributed by atoms with E-state index in [0.717, 1.165) is 13.0 Å². The maximum Gasteiger partial charge on any atom is 0.254 e. The smallest absolute Gasteiger partial charge is 0.254 e. The van der Waals surface area contributed by atoms with Crippen LogP contribution in [0.1, 0.15) is 16.8 Å². The first-order valence-corrected chi connectivity index (χ1v) is 7.27. The lowest BCUT2D eigenvalue weighted by molar-refractivity contribution is -0.119. The van der Waals surface area contributed by atoms with Gasteiger partial charge in [-0.15, -0.1) is 0 Å². The van der Waals surface area contributed by atoms with Crippen molar-refractivity contribution in [2.75, 3.05) is 32.7 Å². The number of hydrogen-bond donors (Lipinski definition) is 1. The fourth-order valence-corrected chi connectivity index (χ4v) is 2.64. The lowest BCUT2D eigenvalue weighted by Crippen LogP contribution is -2.38. The zero-order chi connectivity index (χ0) is 14.5. The van der Waals surface area contributed by atoms with E-state index in [1.54, 1.807) is 18.3 Å². The molecule has 2 rings (SSSR count). The van der Waals surface area contributed by atoms with Gasteiger partial charge in [-0.05, 0) is 34.5 Å². The fourth-order valence-electron chi connectivity index (χ4n) is 2.27. The van der Waals surface area contributed by atoms with Crippen LogP contribution in [0.15, 0.2) is 22.9 Å². The Kier molecular flexibility index (Phi) is 5.08. The Morgan fingerprint density at radius 1 is 1.30 bits per heavy atom. The third-order valence-electron chi connectivity index (χ3n) is 3.23. The maximum atomic E-state index is 12.4. The van der Waals surface area contributed by atoms with Crippen molar-refractivity contribution in [3.05, 3.63) is 28.5 Å². The van der Waals surface area contributed by atoms with E-state index in [2.05, 4.69) is 20.9 Å². The second-order valence-corrected chi connectivity index (χ2v) is 5.57. The number of hydrogen-bond acceptors (Lipinski definition) is 4. The molecule has 2 heterocycles. The molecule has 1 aliphatic heterocycles. The third-order valence-corrected chi connectivity index (χ3v) is 3.66. The van der Waals surface area contributed by atoms with Crippen LogP contribution in [0.25, 0.3) is 0 Å². The van der Waals surface area contributed by atoms with E-state index in [0.29, 0.717) is 29.8 Å². The Bertz CT molecular complexity index is 509. The van der Waals surface area contributed by atoms with Crippen LogP contribution in [0.2, 0.25) is 0 Å². The van der Waals surface area contributed by atoms with Gasteiger partial charge in [0.15, 0.2) is 0 Å². The number of halogens is 1. The van der Waals surface area contributed by atoms with E-state index in [-0.39, 0.29) is 18.4 Å². The number of primary amides is 1. The van der Waals surface area contributed by atoms with Crippen LogP contribution in [-0.4, -0.2) is 59.3 Å². The molecule has 1 aromatic heterocycles. The Labute approximate surface area is 126 Å². The summed E-state index contributed by atoms with van der Waals surface area (Å²) >= 11 is 3.27. The number of nitrogens with zero attached hydrogens (tertiary/aromatic N) is 3. The molecule has 0 atom stereocenters. The maximum absolute atomic E-state index is 12.4. The summed E-state index contributed by atoms with van der Waals surface area (Å²) in [7, 11) is 0. The molecule has 1 fully saturated rings. The molecule has 6 nitrogen and oxygen atoms in total. The van der Waals surface area contributed by atoms with Gasteiger partial charge >= 0.3 is 0 Å². The molecule has 0 bridgehead atoms. The number of carbonyl (C=O) groups is 2. The Morgan fingerprint density at radius 2 is 2.10 bits per heavy atom. The van der Waals surface area contributed by atoms with E-state index >= 15 is 0 Å². The van der Waals surface area contributed by atoms with E-state index < -0.39 is 0 Å². The number of pyridine rings is 1. The number of nitrogens with two attached hydrogens (primary N) is 1. The highest BCUT2D eigenvalue weighted by molar-refractivity contribution is 9.10. The minimum absolute atomic E-state index is 0.00553. The third kappa shape index (κ3) is 4.01. The van der Waals surface area contributed by atoms with E-state index in [1.165, 1.54) is 0 Å². The van der Waals surface area contributed by atoms with Crippen molar-refractivity contribution >= 4 is 27.7 Å². The molecule has 2 amide bonds. The molecule has 0 unspecified atom stereocenters. The molecule has 0 spiro atoms. The average molecular weight is 341 g/mol. The monoisotopic (exact) mass is 340 g/mol. The van der Waals surface area contributed by atoms with Crippen molar-refractivity contribution in [3.8, 4) is 0 Å². The van der Waals surface area contributed by atoms with Crippen LogP contribution in [0.3, 0.4) is 0 Å². The van der Waals surface area contributed by atoms with Gasteiger partial charge in [-0.3, -0.25) is 14.5 Å². The van der Waals surface area contributed by atoms with Crippen LogP contribution in [0.4, 0.5) is 0 Å². The Balaban J connectivity index is 1.99. The fraction of sp³-hybridized carbons (Fsp3) is 0.462. The summed E-state index contributed by atoms with van der Waals surface area (Å²) < 4.78 is 0.647. The van der Waals surface area contributed by atoms with Crippen LogP contribution in [0.5, 0.6) is 0 Å². The quantitative estimate of drug-likeness (QED) is 0.811. The largest absolute Gasteiger partial charge is 0.369 e. The van der Waals surface area contributed by atoms with Crippen LogP contribution in [-0.2, 0) is 4.79 Å². The summed E-state index contributed by atoms with van der Waals surface area (Å²) in [6, 6.07) is 3.42. The summed E-state index contributed by atoms with van der Waals surface area (Å²) in [6.07, 6.45) is 2.44. The van der Waals surface area contributed by atoms with E-state index in [1.807, 2.05) is 9.80 Å². The van der Waals surface area contributed by atoms with Gasteiger partial charge in [0.25, 0.3) is 5.91 Å². The molecule has 1 aliphatic rings. The zero-order valence-electron chi connectivity index (χ0n) is 11.1. The van der Waals surface area contributed by atoms with Crippen molar-refractivity contribution < 1.29 is 9.59 Å². The van der Waals surface area contributed by atoms with Gasteiger partial charge in [0.05, 0.1) is 6.54 Å². The van der Waals surface area contributed by atoms with Gasteiger partial charge in [-0.25, -0.2) is 4.98 Å². The van der Waals surface area contributed by atoms with Crippen molar-refractivity contribution in [2.45, 2.75) is 6.42 Å². The predicted molar refractivity (Wildman–Crippen MR) is 78.1 cm³/mol. The van der Waals surface area contributed by atoms with Crippen molar-refractivity contribution in [2.24, 2.45) is 5.73 Å². The minimum atomic E-state index is -0.331. The van der Waals surface area contributed by atoms with Crippen molar-refractivity contribution in [1.82, 2.24) is 14.8 Å². The first kappa shape index (κ1) is 14.9. The second-order valence-electron chi connectivity index (χ2n) is 4.76. The Hall–Kier alpha value is -1.47. The number of rotatable bonds is 3. The molecule has 2 N–H and O–H groups in total. The van der Waals surface area contributed by atoms with E-state index in [4.69, 9.17) is 5.73 Å². The molecule has 1 aromatic rings. The molecule has 7 heteroatoms. The number of amides is 2. The summed E-state index contributed by atoms with van der Waals surface area (Å²) in [5, 5.41) is 0. The first-order chi connectivity index (χ1) is 9.56. The van der Waals surface area contributed by atoms with Crippen molar-refractivity contribution in [1.29, 1.82) is 0 Å². The summed E-state index contributed by atoms with van der Waals surface area (Å²) in [4.78, 5) is 31.2. The van der Waals surface area contributed by atoms with Gasteiger partial charge in [0, 0.05) is 37.9 Å². The average Bonchev–Trinajstić information content (AvgIpc) is 2.63. The predicted octanol–water partition coefficient (Wildman–Crippen LogP) is 0.477. The van der Waals surface area contributed by atoms with Gasteiger partial charge in [0.2, 0.25) is 5.91 Å². The highest BCUT2D eigenvalue weighted by Gasteiger charge is 2.21. The lowest BCUT2D eigenvalue weighted by atomic mass is 10.2. The summed E-state index contributed by atoms with van der Waals surface area (Å²) in [5.41, 5.74) is 5.82. The number of carbonyl (C=O) groups excluding carboxylic acids is 2. The molecule has 108 valence electrons. The molecule has 0 aromatic carbocycles. The standard InChI is InChI=1S/C13H17BrN4O2/c14-11-8-10(2-3-16-11)13(20)18-5-1-4-17(6-7-18)9-12(15)19/h2-3,8H,1,4-7,9H2,(H2,15,19). The lowest BCUT2D eigenvalue weighted by Gasteiger charge is -2.21. The second kappa shape index (κ2) is 6.81. The topological polar surface area (TPSA) is 79.5 Å². The normalized spacial score (nSPS) is 16.8. The summed E-state index contributed by atoms with van der Waals surface area (Å²) in [6.45, 7) is 3.00. The zero-order valence-corrected chi connectivity index (χ0v) is 12.7. The highest BCUT2D eigenvalue weighted by atomic mass is 79.9. The summed E-state index contributed by atoms with van der Waals surface area (Å²) in [5.74, 6) is -0.336. The molecule has 0 radical (unpaired) electrons. The van der Waals surface area contributed by atoms with Gasteiger partial charge in [0.1, 0.15) is 4.60 Å².